The highest BCUT2D eigenvalue weighted by atomic mass is 32.4. The molecule has 0 saturated carbocycles. The van der Waals surface area contributed by atoms with Gasteiger partial charge in [-0.2, -0.15) is 0 Å². The monoisotopic (exact) mass is 624 g/mol. The van der Waals surface area contributed by atoms with Crippen LogP contribution in [0.5, 0.6) is 0 Å². The minimum atomic E-state index is -2.49. The third kappa shape index (κ3) is 4.84. The molecule has 0 N–H and O–H groups in total. The van der Waals surface area contributed by atoms with Gasteiger partial charge in [0.1, 0.15) is 0 Å². The number of hydrogen-bond acceptors (Lipinski definition) is 2. The first kappa shape index (κ1) is 28.1. The van der Waals surface area contributed by atoms with Gasteiger partial charge in [-0.05, 0) is 60.6 Å². The third-order valence-electron chi connectivity index (χ3n) is 8.35. The Hall–Kier alpha value is -3.64. The Balaban J connectivity index is 1.69. The minimum absolute atomic E-state index is 1.19. The molecular weight excluding hydrogens is 595 g/mol. The zero-order valence-corrected chi connectivity index (χ0v) is 27.2. The Morgan fingerprint density at radius 1 is 0.372 bits per heavy atom. The summed E-state index contributed by atoms with van der Waals surface area (Å²) in [6.07, 6.45) is 0. The van der Waals surface area contributed by atoms with Gasteiger partial charge in [0.2, 0.25) is 0 Å². The second kappa shape index (κ2) is 11.5. The van der Waals surface area contributed by atoms with Crippen molar-refractivity contribution in [3.8, 4) is 11.1 Å². The summed E-state index contributed by atoms with van der Waals surface area (Å²) in [5, 5.41) is 10.9. The van der Waals surface area contributed by atoms with Crippen LogP contribution in [0.1, 0.15) is 0 Å². The van der Waals surface area contributed by atoms with E-state index in [1.807, 2.05) is 0 Å². The maximum Gasteiger partial charge on any atom is 0.0385 e. The minimum Gasteiger partial charge on any atom is -0.0879 e. The van der Waals surface area contributed by atoms with Gasteiger partial charge in [0.15, 0.2) is 0 Å². The molecule has 4 heteroatoms. The second-order valence-electron chi connectivity index (χ2n) is 10.9. The van der Waals surface area contributed by atoms with Gasteiger partial charge in [0.05, 0.1) is 0 Å². The maximum absolute atomic E-state index is 7.00. The third-order valence-corrected chi connectivity index (χ3v) is 17.1. The smallest absolute Gasteiger partial charge is 0.0385 e. The average molecular weight is 625 g/mol. The van der Waals surface area contributed by atoms with E-state index in [1.54, 1.807) is 0 Å². The van der Waals surface area contributed by atoms with E-state index in [4.69, 9.17) is 23.6 Å². The standard InChI is InChI=1S/C39H30P2S2/c1-40(42,31-17-5-2-6-18-31)36-27-25-29-15-11-13-23-34(29)38(36)39-35-24-14-12-16-30(35)26-28-37(39)41(43,32-19-7-3-8-20-32)33-21-9-4-10-22-33/h2-28H,1H3. The predicted molar refractivity (Wildman–Crippen MR) is 199 cm³/mol. The molecule has 0 aliphatic heterocycles. The first-order valence-corrected chi connectivity index (χ1v) is 20.4. The molecule has 0 fully saturated rings. The lowest BCUT2D eigenvalue weighted by Gasteiger charge is -2.30. The predicted octanol–water partition coefficient (Wildman–Crippen LogP) is 8.48. The Kier molecular flexibility index (Phi) is 7.50. The molecule has 7 aromatic carbocycles. The number of fused-ring (bicyclic) bond motifs is 2. The Morgan fingerprint density at radius 2 is 0.744 bits per heavy atom. The van der Waals surface area contributed by atoms with Crippen LogP contribution in [0.15, 0.2) is 164 Å². The fourth-order valence-corrected chi connectivity index (χ4v) is 13.1. The van der Waals surface area contributed by atoms with E-state index >= 15 is 0 Å². The lowest BCUT2D eigenvalue weighted by atomic mass is 9.93. The van der Waals surface area contributed by atoms with Crippen molar-refractivity contribution < 1.29 is 0 Å². The normalized spacial score (nSPS) is 13.1. The lowest BCUT2D eigenvalue weighted by molar-refractivity contribution is 1.72. The van der Waals surface area contributed by atoms with E-state index in [-0.39, 0.29) is 0 Å². The Morgan fingerprint density at radius 3 is 1.23 bits per heavy atom. The summed E-state index contributed by atoms with van der Waals surface area (Å²) in [6, 6.07) is 54.0. The SMILES string of the molecule is CP(=S)(c1ccccc1)c1ccc2ccccc2c1-c1c(P(=S)(c2ccccc2)c2ccccc2)ccc2ccccc12. The molecule has 0 amide bonds. The van der Waals surface area contributed by atoms with Crippen molar-refractivity contribution in [3.05, 3.63) is 164 Å². The van der Waals surface area contributed by atoms with E-state index in [1.165, 1.54) is 59.2 Å². The summed E-state index contributed by atoms with van der Waals surface area (Å²) in [5.41, 5.74) is 2.44. The Bertz CT molecular complexity index is 2150. The van der Waals surface area contributed by atoms with Gasteiger partial charge >= 0.3 is 0 Å². The van der Waals surface area contributed by atoms with Crippen molar-refractivity contribution in [2.75, 3.05) is 6.66 Å². The molecule has 0 aromatic heterocycles. The largest absolute Gasteiger partial charge is 0.0879 e. The molecule has 0 bridgehead atoms. The number of hydrogen-bond donors (Lipinski definition) is 0. The molecule has 0 aliphatic carbocycles. The fraction of sp³-hybridized carbons (Fsp3) is 0.0256. The van der Waals surface area contributed by atoms with Crippen LogP contribution >= 0.6 is 12.1 Å². The van der Waals surface area contributed by atoms with E-state index in [2.05, 4.69) is 170 Å². The van der Waals surface area contributed by atoms with Crippen LogP contribution in [0.25, 0.3) is 32.7 Å². The number of rotatable bonds is 6. The molecule has 0 nitrogen and oxygen atoms in total. The molecule has 0 heterocycles. The summed E-state index contributed by atoms with van der Waals surface area (Å²) in [7, 11) is 0. The number of benzene rings is 7. The van der Waals surface area contributed by atoms with E-state index in [0.29, 0.717) is 0 Å². The topological polar surface area (TPSA) is 0 Å². The maximum atomic E-state index is 7.00. The highest BCUT2D eigenvalue weighted by Gasteiger charge is 2.32. The van der Waals surface area contributed by atoms with E-state index in [0.717, 1.165) is 0 Å². The van der Waals surface area contributed by atoms with Gasteiger partial charge in [0, 0.05) is 17.4 Å². The van der Waals surface area contributed by atoms with Crippen LogP contribution in [0.2, 0.25) is 0 Å². The highest BCUT2D eigenvalue weighted by Crippen LogP contribution is 2.50. The molecule has 0 saturated heterocycles. The average Bonchev–Trinajstić information content (AvgIpc) is 3.08. The second-order valence-corrected chi connectivity index (χ2v) is 20.3. The first-order chi connectivity index (χ1) is 21.0. The summed E-state index contributed by atoms with van der Waals surface area (Å²) in [5.74, 6) is 0. The van der Waals surface area contributed by atoms with Gasteiger partial charge in [-0.15, -0.1) is 0 Å². The zero-order valence-electron chi connectivity index (χ0n) is 23.8. The summed E-state index contributed by atoms with van der Waals surface area (Å²) < 4.78 is 0. The van der Waals surface area contributed by atoms with Crippen LogP contribution in [0, 0.1) is 0 Å². The van der Waals surface area contributed by atoms with Crippen molar-refractivity contribution in [2.24, 2.45) is 0 Å². The summed E-state index contributed by atoms with van der Waals surface area (Å²) in [6.45, 7) is 2.28. The van der Waals surface area contributed by atoms with E-state index in [9.17, 15) is 0 Å². The van der Waals surface area contributed by atoms with Crippen LogP contribution in [0.4, 0.5) is 0 Å². The molecule has 43 heavy (non-hydrogen) atoms. The zero-order chi connectivity index (χ0) is 29.4. The summed E-state index contributed by atoms with van der Waals surface area (Å²) in [4.78, 5) is 0. The van der Waals surface area contributed by atoms with Crippen molar-refractivity contribution in [1.82, 2.24) is 0 Å². The van der Waals surface area contributed by atoms with E-state index < -0.39 is 12.1 Å². The van der Waals surface area contributed by atoms with Crippen molar-refractivity contribution in [2.45, 2.75) is 0 Å². The molecule has 7 aromatic rings. The van der Waals surface area contributed by atoms with Crippen molar-refractivity contribution in [1.29, 1.82) is 0 Å². The van der Waals surface area contributed by atoms with Gasteiger partial charge in [-0.25, -0.2) is 0 Å². The van der Waals surface area contributed by atoms with Gasteiger partial charge in [-0.3, -0.25) is 0 Å². The highest BCUT2D eigenvalue weighted by molar-refractivity contribution is 8.25. The summed E-state index contributed by atoms with van der Waals surface area (Å²) >= 11 is 13.7. The molecule has 7 rings (SSSR count). The molecule has 0 radical (unpaired) electrons. The molecular formula is C39H30P2S2. The molecule has 1 atom stereocenters. The van der Waals surface area contributed by atoms with Gasteiger partial charge in [-0.1, -0.05) is 187 Å². The van der Waals surface area contributed by atoms with Crippen LogP contribution in [-0.2, 0) is 23.6 Å². The van der Waals surface area contributed by atoms with Gasteiger partial charge < -0.3 is 0 Å². The molecule has 208 valence electrons. The quantitative estimate of drug-likeness (QED) is 0.170. The van der Waals surface area contributed by atoms with Crippen LogP contribution < -0.4 is 26.5 Å². The Labute approximate surface area is 264 Å². The van der Waals surface area contributed by atoms with Crippen molar-refractivity contribution in [3.63, 3.8) is 0 Å². The fourth-order valence-electron chi connectivity index (χ4n) is 6.22. The molecule has 0 spiro atoms. The van der Waals surface area contributed by atoms with Gasteiger partial charge in [0.25, 0.3) is 0 Å². The molecule has 1 unspecified atom stereocenters. The first-order valence-electron chi connectivity index (χ1n) is 14.4. The van der Waals surface area contributed by atoms with Crippen LogP contribution in [-0.4, -0.2) is 6.66 Å². The van der Waals surface area contributed by atoms with Crippen molar-refractivity contribution >= 4 is 83.8 Å². The molecule has 0 aliphatic rings. The lowest BCUT2D eigenvalue weighted by Crippen LogP contribution is -2.27. The van der Waals surface area contributed by atoms with Crippen LogP contribution in [0.3, 0.4) is 0 Å².